The third kappa shape index (κ3) is 3.09. The van der Waals surface area contributed by atoms with Crippen molar-refractivity contribution in [3.05, 3.63) is 41.5 Å². The maximum Gasteiger partial charge on any atom is 0.255 e. The molecular weight excluding hydrogens is 318 g/mol. The molecule has 0 N–H and O–H groups in total. The van der Waals surface area contributed by atoms with Gasteiger partial charge in [0.15, 0.2) is 5.78 Å². The molecule has 2 heterocycles. The molecule has 25 heavy (non-hydrogen) atoms. The number of allylic oxidation sites excluding steroid dienone is 1. The topological polar surface area (TPSA) is 55.8 Å². The lowest BCUT2D eigenvalue weighted by Gasteiger charge is -2.30. The minimum absolute atomic E-state index is 0.0571. The number of amides is 1. The van der Waals surface area contributed by atoms with Crippen molar-refractivity contribution in [1.82, 2.24) is 4.90 Å². The normalized spacial score (nSPS) is 24.6. The first-order valence-corrected chi connectivity index (χ1v) is 9.00. The highest BCUT2D eigenvalue weighted by molar-refractivity contribution is 6.02. The van der Waals surface area contributed by atoms with Crippen LogP contribution in [0.4, 0.5) is 0 Å². The standard InChI is InChI=1S/C20H23NO4/c1-13-5-6-17(18(22)11-13)21-12-16-15(20(21)23)3-2-4-19(16)25-14-7-9-24-10-8-14/h2-4,14,17H,1,5-12H2. The Morgan fingerprint density at radius 1 is 1.16 bits per heavy atom. The number of fused-ring (bicyclic) bond motifs is 1. The van der Waals surface area contributed by atoms with Crippen molar-refractivity contribution in [2.75, 3.05) is 13.2 Å². The summed E-state index contributed by atoms with van der Waals surface area (Å²) < 4.78 is 11.5. The molecule has 3 aliphatic rings. The molecule has 1 saturated carbocycles. The van der Waals surface area contributed by atoms with Crippen LogP contribution in [0.15, 0.2) is 30.4 Å². The van der Waals surface area contributed by atoms with Crippen LogP contribution in [-0.4, -0.2) is 41.9 Å². The summed E-state index contributed by atoms with van der Waals surface area (Å²) in [5.74, 6) is 0.815. The molecule has 2 aliphatic heterocycles. The van der Waals surface area contributed by atoms with Crippen LogP contribution in [0.2, 0.25) is 0 Å². The van der Waals surface area contributed by atoms with Crippen LogP contribution in [0.5, 0.6) is 5.75 Å². The Kier molecular flexibility index (Phi) is 4.34. The van der Waals surface area contributed by atoms with Gasteiger partial charge in [-0.05, 0) is 25.0 Å². The Morgan fingerprint density at radius 3 is 2.72 bits per heavy atom. The Labute approximate surface area is 147 Å². The Hall–Kier alpha value is -2.14. The van der Waals surface area contributed by atoms with Gasteiger partial charge in [-0.25, -0.2) is 0 Å². The van der Waals surface area contributed by atoms with Gasteiger partial charge in [0.1, 0.15) is 11.9 Å². The van der Waals surface area contributed by atoms with Gasteiger partial charge in [0.25, 0.3) is 5.91 Å². The first-order valence-electron chi connectivity index (χ1n) is 9.00. The molecule has 1 amide bonds. The zero-order valence-corrected chi connectivity index (χ0v) is 14.3. The van der Waals surface area contributed by atoms with Crippen LogP contribution in [0.1, 0.15) is 48.0 Å². The summed E-state index contributed by atoms with van der Waals surface area (Å²) in [6, 6.07) is 5.29. The number of ether oxygens (including phenoxy) is 2. The molecule has 1 saturated heterocycles. The molecule has 0 aromatic heterocycles. The second-order valence-electron chi connectivity index (χ2n) is 7.09. The smallest absolute Gasteiger partial charge is 0.255 e. The van der Waals surface area contributed by atoms with Crippen molar-refractivity contribution < 1.29 is 19.1 Å². The van der Waals surface area contributed by atoms with E-state index in [-0.39, 0.29) is 23.8 Å². The van der Waals surface area contributed by atoms with E-state index in [4.69, 9.17) is 9.47 Å². The molecule has 1 unspecified atom stereocenters. The second kappa shape index (κ2) is 6.64. The van der Waals surface area contributed by atoms with Gasteiger partial charge < -0.3 is 14.4 Å². The van der Waals surface area contributed by atoms with Gasteiger partial charge in [-0.2, -0.15) is 0 Å². The molecule has 1 aliphatic carbocycles. The lowest BCUT2D eigenvalue weighted by Crippen LogP contribution is -2.43. The molecule has 5 nitrogen and oxygen atoms in total. The summed E-state index contributed by atoms with van der Waals surface area (Å²) in [5, 5.41) is 0. The van der Waals surface area contributed by atoms with E-state index in [0.717, 1.165) is 36.1 Å². The highest BCUT2D eigenvalue weighted by atomic mass is 16.5. The van der Waals surface area contributed by atoms with E-state index in [1.807, 2.05) is 18.2 Å². The zero-order valence-electron chi connectivity index (χ0n) is 14.3. The number of hydrogen-bond acceptors (Lipinski definition) is 4. The zero-order chi connectivity index (χ0) is 17.4. The van der Waals surface area contributed by atoms with Gasteiger partial charge in [-0.1, -0.05) is 18.2 Å². The predicted molar refractivity (Wildman–Crippen MR) is 92.6 cm³/mol. The van der Waals surface area contributed by atoms with E-state index in [9.17, 15) is 9.59 Å². The highest BCUT2D eigenvalue weighted by Gasteiger charge is 2.39. The second-order valence-corrected chi connectivity index (χ2v) is 7.09. The minimum atomic E-state index is -0.332. The van der Waals surface area contributed by atoms with Gasteiger partial charge >= 0.3 is 0 Å². The summed E-state index contributed by atoms with van der Waals surface area (Å²) in [6.07, 6.45) is 3.73. The van der Waals surface area contributed by atoms with Gasteiger partial charge in [0.05, 0.1) is 25.8 Å². The van der Waals surface area contributed by atoms with Crippen molar-refractivity contribution in [2.24, 2.45) is 0 Å². The maximum atomic E-state index is 12.8. The van der Waals surface area contributed by atoms with Crippen LogP contribution < -0.4 is 4.74 Å². The van der Waals surface area contributed by atoms with E-state index in [1.165, 1.54) is 0 Å². The van der Waals surface area contributed by atoms with Gasteiger partial charge in [-0.3, -0.25) is 9.59 Å². The van der Waals surface area contributed by atoms with E-state index in [1.54, 1.807) is 4.90 Å². The van der Waals surface area contributed by atoms with Gasteiger partial charge in [0, 0.05) is 30.4 Å². The summed E-state index contributed by atoms with van der Waals surface area (Å²) in [5.41, 5.74) is 2.55. The van der Waals surface area contributed by atoms with Crippen LogP contribution in [0.3, 0.4) is 0 Å². The quantitative estimate of drug-likeness (QED) is 0.793. The first kappa shape index (κ1) is 16.3. The summed E-state index contributed by atoms with van der Waals surface area (Å²) in [7, 11) is 0. The monoisotopic (exact) mass is 341 g/mol. The number of nitrogens with zero attached hydrogens (tertiary/aromatic N) is 1. The van der Waals surface area contributed by atoms with Crippen LogP contribution in [-0.2, 0) is 16.1 Å². The number of hydrogen-bond donors (Lipinski definition) is 0. The highest BCUT2D eigenvalue weighted by Crippen LogP contribution is 2.36. The predicted octanol–water partition coefficient (Wildman–Crippen LogP) is 2.88. The van der Waals surface area contributed by atoms with Crippen LogP contribution in [0.25, 0.3) is 0 Å². The molecule has 1 atom stereocenters. The average molecular weight is 341 g/mol. The third-order valence-electron chi connectivity index (χ3n) is 5.36. The molecule has 0 bridgehead atoms. The van der Waals surface area contributed by atoms with Crippen molar-refractivity contribution in [3.8, 4) is 5.75 Å². The van der Waals surface area contributed by atoms with Gasteiger partial charge in [-0.15, -0.1) is 0 Å². The average Bonchev–Trinajstić information content (AvgIpc) is 2.94. The van der Waals surface area contributed by atoms with Crippen LogP contribution in [0, 0.1) is 0 Å². The van der Waals surface area contributed by atoms with E-state index in [0.29, 0.717) is 38.2 Å². The van der Waals surface area contributed by atoms with E-state index < -0.39 is 0 Å². The molecule has 5 heteroatoms. The molecule has 1 aromatic rings. The molecule has 4 rings (SSSR count). The van der Waals surface area contributed by atoms with E-state index >= 15 is 0 Å². The lowest BCUT2D eigenvalue weighted by molar-refractivity contribution is -0.124. The van der Waals surface area contributed by atoms with Crippen molar-refractivity contribution >= 4 is 11.7 Å². The molecular formula is C20H23NO4. The Balaban J connectivity index is 1.55. The Morgan fingerprint density at radius 2 is 1.96 bits per heavy atom. The minimum Gasteiger partial charge on any atom is -0.490 e. The molecule has 1 aromatic carbocycles. The number of ketones is 1. The number of carbonyl (C=O) groups is 2. The third-order valence-corrected chi connectivity index (χ3v) is 5.36. The van der Waals surface area contributed by atoms with Crippen LogP contribution >= 0.6 is 0 Å². The maximum absolute atomic E-state index is 12.8. The summed E-state index contributed by atoms with van der Waals surface area (Å²) >= 11 is 0. The number of rotatable bonds is 3. The van der Waals surface area contributed by atoms with Crippen molar-refractivity contribution in [2.45, 2.75) is 50.8 Å². The molecule has 0 spiro atoms. The first-order chi connectivity index (χ1) is 12.1. The fourth-order valence-electron chi connectivity index (χ4n) is 3.95. The number of benzene rings is 1. The largest absolute Gasteiger partial charge is 0.490 e. The summed E-state index contributed by atoms with van der Waals surface area (Å²) in [6.45, 7) is 5.79. The van der Waals surface area contributed by atoms with Crippen molar-refractivity contribution in [3.63, 3.8) is 0 Å². The van der Waals surface area contributed by atoms with Gasteiger partial charge in [0.2, 0.25) is 0 Å². The number of Topliss-reactive ketones (excluding diaryl/α,β-unsaturated/α-hetero) is 1. The molecule has 132 valence electrons. The molecule has 2 fully saturated rings. The fraction of sp³-hybridized carbons (Fsp3) is 0.500. The fourth-order valence-corrected chi connectivity index (χ4v) is 3.95. The van der Waals surface area contributed by atoms with Crippen molar-refractivity contribution in [1.29, 1.82) is 0 Å². The number of carbonyl (C=O) groups excluding carboxylic acids is 2. The lowest BCUT2D eigenvalue weighted by atomic mass is 9.90. The van der Waals surface area contributed by atoms with E-state index in [2.05, 4.69) is 6.58 Å². The SMILES string of the molecule is C=C1CCC(N2Cc3c(OC4CCOCC4)cccc3C2=O)C(=O)C1. The summed E-state index contributed by atoms with van der Waals surface area (Å²) in [4.78, 5) is 27.0. The Bertz CT molecular complexity index is 720. The molecule has 0 radical (unpaired) electrons.